The van der Waals surface area contributed by atoms with E-state index in [1.807, 2.05) is 0 Å². The highest BCUT2D eigenvalue weighted by molar-refractivity contribution is 5.71. The Kier molecular flexibility index (Phi) is 1.58. The average Bonchev–Trinajstić information content (AvgIpc) is 2.41. The summed E-state index contributed by atoms with van der Waals surface area (Å²) < 4.78 is 10.3. The molecular weight excluding hydrogens is 148 g/mol. The molecule has 11 heavy (non-hydrogen) atoms. The largest absolute Gasteiger partial charge is 0.481 e. The Balaban J connectivity index is 2.08. The van der Waals surface area contributed by atoms with Crippen LogP contribution in [0.25, 0.3) is 0 Å². The highest BCUT2D eigenvalue weighted by Gasteiger charge is 2.45. The molecule has 2 aliphatic rings. The van der Waals surface area contributed by atoms with E-state index in [0.717, 1.165) is 6.42 Å². The van der Waals surface area contributed by atoms with Crippen LogP contribution in [0.3, 0.4) is 0 Å². The van der Waals surface area contributed by atoms with E-state index < -0.39 is 5.97 Å². The molecule has 2 rings (SSSR count). The van der Waals surface area contributed by atoms with E-state index in [-0.39, 0.29) is 18.1 Å². The number of aliphatic carboxylic acids is 1. The predicted molar refractivity (Wildman–Crippen MR) is 34.9 cm³/mol. The summed E-state index contributed by atoms with van der Waals surface area (Å²) in [6.45, 7) is 0.948. The number of fused-ring (bicyclic) bond motifs is 1. The van der Waals surface area contributed by atoms with Crippen LogP contribution in [-0.4, -0.2) is 30.6 Å². The molecule has 0 saturated carbocycles. The summed E-state index contributed by atoms with van der Waals surface area (Å²) in [7, 11) is 0. The Hall–Kier alpha value is -0.610. The summed E-state index contributed by atoms with van der Waals surface area (Å²) in [5, 5.41) is 8.72. The second-order valence-corrected chi connectivity index (χ2v) is 2.97. The summed E-state index contributed by atoms with van der Waals surface area (Å²) in [4.78, 5) is 10.6. The minimum atomic E-state index is -0.761. The van der Waals surface area contributed by atoms with E-state index >= 15 is 0 Å². The lowest BCUT2D eigenvalue weighted by Crippen LogP contribution is -2.22. The van der Waals surface area contributed by atoms with Gasteiger partial charge in [-0.05, 0) is 6.42 Å². The van der Waals surface area contributed by atoms with Crippen LogP contribution in [0.15, 0.2) is 0 Å². The smallest absolute Gasteiger partial charge is 0.309 e. The molecule has 4 nitrogen and oxygen atoms in total. The van der Waals surface area contributed by atoms with Gasteiger partial charge in [0.05, 0.1) is 19.1 Å². The fourth-order valence-corrected chi connectivity index (χ4v) is 1.72. The quantitative estimate of drug-likeness (QED) is 0.587. The maximum atomic E-state index is 10.6. The molecule has 0 aromatic rings. The number of carboxylic acids is 1. The van der Waals surface area contributed by atoms with Crippen molar-refractivity contribution in [2.45, 2.75) is 12.7 Å². The zero-order chi connectivity index (χ0) is 7.84. The number of hydrogen-bond acceptors (Lipinski definition) is 3. The second-order valence-electron chi connectivity index (χ2n) is 2.97. The Labute approximate surface area is 64.1 Å². The van der Waals surface area contributed by atoms with Crippen molar-refractivity contribution in [1.29, 1.82) is 0 Å². The van der Waals surface area contributed by atoms with Crippen LogP contribution >= 0.6 is 0 Å². The Bertz CT molecular complexity index is 179. The Morgan fingerprint density at radius 1 is 1.45 bits per heavy atom. The third-order valence-electron chi connectivity index (χ3n) is 2.36. The van der Waals surface area contributed by atoms with Gasteiger partial charge < -0.3 is 14.6 Å². The Morgan fingerprint density at radius 2 is 2.27 bits per heavy atom. The molecular formula is C7H10O4. The van der Waals surface area contributed by atoms with Crippen molar-refractivity contribution in [1.82, 2.24) is 0 Å². The first-order valence-corrected chi connectivity index (χ1v) is 3.75. The molecule has 4 heteroatoms. The highest BCUT2D eigenvalue weighted by Crippen LogP contribution is 2.35. The van der Waals surface area contributed by atoms with Gasteiger partial charge in [-0.25, -0.2) is 0 Å². The van der Waals surface area contributed by atoms with Crippen molar-refractivity contribution in [2.24, 2.45) is 11.8 Å². The molecule has 2 fully saturated rings. The first-order chi connectivity index (χ1) is 5.29. The average molecular weight is 158 g/mol. The maximum absolute atomic E-state index is 10.6. The van der Waals surface area contributed by atoms with Gasteiger partial charge in [0, 0.05) is 5.92 Å². The topological polar surface area (TPSA) is 55.8 Å². The van der Waals surface area contributed by atoms with E-state index in [4.69, 9.17) is 14.6 Å². The molecule has 0 aromatic carbocycles. The molecule has 0 bridgehead atoms. The van der Waals surface area contributed by atoms with Crippen LogP contribution in [0.2, 0.25) is 0 Å². The molecule has 3 atom stereocenters. The Morgan fingerprint density at radius 3 is 3.00 bits per heavy atom. The zero-order valence-corrected chi connectivity index (χ0v) is 6.03. The molecule has 2 saturated heterocycles. The number of ether oxygens (including phenoxy) is 2. The number of carbonyl (C=O) groups is 1. The molecule has 62 valence electrons. The molecule has 0 spiro atoms. The minimum Gasteiger partial charge on any atom is -0.481 e. The van der Waals surface area contributed by atoms with E-state index in [0.29, 0.717) is 13.2 Å². The number of rotatable bonds is 1. The molecule has 0 amide bonds. The van der Waals surface area contributed by atoms with Crippen LogP contribution in [0.1, 0.15) is 6.42 Å². The SMILES string of the molecule is O=C(O)[C@H]1CO[C@H]2OCC[C@H]21. The van der Waals surface area contributed by atoms with Crippen LogP contribution in [0.4, 0.5) is 0 Å². The van der Waals surface area contributed by atoms with Gasteiger partial charge in [0.15, 0.2) is 6.29 Å². The predicted octanol–water partition coefficient (Wildman–Crippen LogP) is 0.0800. The van der Waals surface area contributed by atoms with Crippen LogP contribution in [-0.2, 0) is 14.3 Å². The van der Waals surface area contributed by atoms with E-state index in [2.05, 4.69) is 0 Å². The first-order valence-electron chi connectivity index (χ1n) is 3.75. The van der Waals surface area contributed by atoms with Gasteiger partial charge >= 0.3 is 5.97 Å². The molecule has 0 aliphatic carbocycles. The standard InChI is InChI=1S/C7H10O4/c8-6(9)5-3-11-7-4(5)1-2-10-7/h4-5,7H,1-3H2,(H,8,9)/t4-,5-,7+/m0/s1. The summed E-state index contributed by atoms with van der Waals surface area (Å²) in [5.74, 6) is -1.02. The number of hydrogen-bond donors (Lipinski definition) is 1. The van der Waals surface area contributed by atoms with E-state index in [9.17, 15) is 4.79 Å². The lowest BCUT2D eigenvalue weighted by atomic mass is 9.94. The number of carboxylic acid groups (broad SMARTS) is 1. The van der Waals surface area contributed by atoms with Gasteiger partial charge in [-0.15, -0.1) is 0 Å². The minimum absolute atomic E-state index is 0.0903. The molecule has 2 heterocycles. The fourth-order valence-electron chi connectivity index (χ4n) is 1.72. The van der Waals surface area contributed by atoms with Crippen molar-refractivity contribution in [2.75, 3.05) is 13.2 Å². The lowest BCUT2D eigenvalue weighted by Gasteiger charge is -2.08. The molecule has 1 N–H and O–H groups in total. The van der Waals surface area contributed by atoms with Crippen molar-refractivity contribution in [3.63, 3.8) is 0 Å². The molecule has 0 aromatic heterocycles. The zero-order valence-electron chi connectivity index (χ0n) is 6.03. The van der Waals surface area contributed by atoms with Crippen molar-refractivity contribution >= 4 is 5.97 Å². The summed E-state index contributed by atoms with van der Waals surface area (Å²) in [6, 6.07) is 0. The summed E-state index contributed by atoms with van der Waals surface area (Å²) in [6.07, 6.45) is 0.581. The second kappa shape index (κ2) is 2.46. The van der Waals surface area contributed by atoms with Gasteiger partial charge in [-0.2, -0.15) is 0 Å². The third kappa shape index (κ3) is 1.02. The summed E-state index contributed by atoms with van der Waals surface area (Å²) >= 11 is 0. The highest BCUT2D eigenvalue weighted by atomic mass is 16.7. The lowest BCUT2D eigenvalue weighted by molar-refractivity contribution is -0.142. The van der Waals surface area contributed by atoms with Gasteiger partial charge in [-0.1, -0.05) is 0 Å². The fraction of sp³-hybridized carbons (Fsp3) is 0.857. The van der Waals surface area contributed by atoms with Gasteiger partial charge in [0.2, 0.25) is 0 Å². The monoisotopic (exact) mass is 158 g/mol. The van der Waals surface area contributed by atoms with Gasteiger partial charge in [0.1, 0.15) is 0 Å². The van der Waals surface area contributed by atoms with Crippen LogP contribution < -0.4 is 0 Å². The molecule has 2 aliphatic heterocycles. The van der Waals surface area contributed by atoms with E-state index in [1.54, 1.807) is 0 Å². The van der Waals surface area contributed by atoms with E-state index in [1.165, 1.54) is 0 Å². The van der Waals surface area contributed by atoms with Crippen LogP contribution in [0, 0.1) is 11.8 Å². The van der Waals surface area contributed by atoms with Gasteiger partial charge in [0.25, 0.3) is 0 Å². The molecule has 0 radical (unpaired) electrons. The summed E-state index contributed by atoms with van der Waals surface area (Å²) in [5.41, 5.74) is 0. The van der Waals surface area contributed by atoms with Crippen molar-refractivity contribution < 1.29 is 19.4 Å². The third-order valence-corrected chi connectivity index (χ3v) is 2.36. The van der Waals surface area contributed by atoms with Crippen LogP contribution in [0.5, 0.6) is 0 Å². The maximum Gasteiger partial charge on any atom is 0.309 e. The van der Waals surface area contributed by atoms with Crippen molar-refractivity contribution in [3.8, 4) is 0 Å². The van der Waals surface area contributed by atoms with Crippen molar-refractivity contribution in [3.05, 3.63) is 0 Å². The first kappa shape index (κ1) is 7.06. The van der Waals surface area contributed by atoms with Gasteiger partial charge in [-0.3, -0.25) is 4.79 Å². The normalized spacial score (nSPS) is 42.4. The molecule has 0 unspecified atom stereocenters.